The highest BCUT2D eigenvalue weighted by Gasteiger charge is 2.40. The summed E-state index contributed by atoms with van der Waals surface area (Å²) in [5, 5.41) is 0. The van der Waals surface area contributed by atoms with Gasteiger partial charge in [0.05, 0.1) is 0 Å². The minimum absolute atomic E-state index is 0.173. The lowest BCUT2D eigenvalue weighted by Gasteiger charge is -2.37. The molecule has 0 saturated carbocycles. The molecule has 2 aliphatic rings. The molecule has 0 fully saturated rings. The van der Waals surface area contributed by atoms with Crippen LogP contribution in [0.4, 0.5) is 0 Å². The zero-order chi connectivity index (χ0) is 14.4. The number of rotatable bonds is 2. The molecule has 104 valence electrons. The average Bonchev–Trinajstić information content (AvgIpc) is 3.12. The summed E-state index contributed by atoms with van der Waals surface area (Å²) in [5.41, 5.74) is 5.88. The van der Waals surface area contributed by atoms with Gasteiger partial charge in [0, 0.05) is 11.8 Å². The van der Waals surface area contributed by atoms with Crippen LogP contribution in [0.1, 0.15) is 47.9 Å². The van der Waals surface area contributed by atoms with E-state index in [9.17, 15) is 0 Å². The first-order valence-corrected chi connectivity index (χ1v) is 7.72. The molecule has 2 unspecified atom stereocenters. The predicted octanol–water partition coefficient (Wildman–Crippen LogP) is 5.63. The number of hydrogen-bond acceptors (Lipinski definition) is 0. The van der Waals surface area contributed by atoms with E-state index in [1.54, 1.807) is 0 Å². The van der Waals surface area contributed by atoms with Crippen molar-refractivity contribution < 1.29 is 0 Å². The maximum atomic E-state index is 2.40. The summed E-state index contributed by atoms with van der Waals surface area (Å²) in [6.07, 6.45) is 9.34. The minimum Gasteiger partial charge on any atom is -0.0758 e. The number of fused-ring (bicyclic) bond motifs is 2. The molecule has 0 spiro atoms. The predicted molar refractivity (Wildman–Crippen MR) is 90.2 cm³/mol. The molecule has 0 aliphatic heterocycles. The molecular weight excluding hydrogens is 252 g/mol. The summed E-state index contributed by atoms with van der Waals surface area (Å²) in [4.78, 5) is 0. The molecule has 21 heavy (non-hydrogen) atoms. The van der Waals surface area contributed by atoms with Crippen LogP contribution >= 0.6 is 0 Å². The Morgan fingerprint density at radius 1 is 0.667 bits per heavy atom. The van der Waals surface area contributed by atoms with Gasteiger partial charge in [0.15, 0.2) is 0 Å². The molecule has 0 bridgehead atoms. The molecule has 2 aromatic carbocycles. The summed E-state index contributed by atoms with van der Waals surface area (Å²) in [6.45, 7) is 4.81. The van der Waals surface area contributed by atoms with Gasteiger partial charge in [0.25, 0.3) is 0 Å². The van der Waals surface area contributed by atoms with Crippen LogP contribution in [0.5, 0.6) is 0 Å². The molecule has 0 radical (unpaired) electrons. The maximum Gasteiger partial charge on any atom is 0.00872 e. The molecule has 0 nitrogen and oxygen atoms in total. The summed E-state index contributed by atoms with van der Waals surface area (Å²) < 4.78 is 0. The van der Waals surface area contributed by atoms with Crippen molar-refractivity contribution in [3.63, 3.8) is 0 Å². The molecule has 0 amide bonds. The van der Waals surface area contributed by atoms with Crippen LogP contribution in [0, 0.1) is 5.41 Å². The van der Waals surface area contributed by atoms with Gasteiger partial charge in [-0.1, -0.05) is 86.7 Å². The molecule has 2 aromatic rings. The van der Waals surface area contributed by atoms with E-state index in [1.807, 2.05) is 0 Å². The second-order valence-corrected chi connectivity index (χ2v) is 6.75. The van der Waals surface area contributed by atoms with E-state index in [0.717, 1.165) is 0 Å². The second-order valence-electron chi connectivity index (χ2n) is 6.75. The molecule has 2 aliphatic carbocycles. The van der Waals surface area contributed by atoms with Crippen LogP contribution in [0.25, 0.3) is 12.2 Å². The Kier molecular flexibility index (Phi) is 2.68. The number of hydrogen-bond donors (Lipinski definition) is 0. The van der Waals surface area contributed by atoms with E-state index in [1.165, 1.54) is 22.3 Å². The average molecular weight is 272 g/mol. The van der Waals surface area contributed by atoms with Crippen molar-refractivity contribution in [3.8, 4) is 0 Å². The zero-order valence-electron chi connectivity index (χ0n) is 12.6. The lowest BCUT2D eigenvalue weighted by molar-refractivity contribution is 0.292. The van der Waals surface area contributed by atoms with Gasteiger partial charge in [-0.2, -0.15) is 0 Å². The molecular formula is C21H20. The van der Waals surface area contributed by atoms with Crippen molar-refractivity contribution >= 4 is 12.2 Å². The Morgan fingerprint density at radius 2 is 1.10 bits per heavy atom. The molecule has 0 heterocycles. The highest BCUT2D eigenvalue weighted by Crippen LogP contribution is 2.53. The van der Waals surface area contributed by atoms with E-state index < -0.39 is 0 Å². The van der Waals surface area contributed by atoms with Crippen LogP contribution in [0.2, 0.25) is 0 Å². The van der Waals surface area contributed by atoms with Crippen molar-refractivity contribution in [3.05, 3.63) is 82.9 Å². The standard InChI is InChI=1S/C21H20/c1-21(2,19-13-11-15-7-3-5-9-17(15)19)20-14-12-16-8-4-6-10-18(16)20/h3-14,19-20H,1-2H3. The molecule has 0 N–H and O–H groups in total. The Hall–Kier alpha value is -2.08. The first kappa shape index (κ1) is 12.6. The lowest BCUT2D eigenvalue weighted by atomic mass is 9.66. The summed E-state index contributed by atoms with van der Waals surface area (Å²) in [5.74, 6) is 0.962. The molecule has 0 heteroatoms. The third-order valence-electron chi connectivity index (χ3n) is 5.20. The van der Waals surface area contributed by atoms with Gasteiger partial charge in [-0.05, 0) is 27.7 Å². The molecule has 2 atom stereocenters. The van der Waals surface area contributed by atoms with Crippen LogP contribution in [-0.4, -0.2) is 0 Å². The SMILES string of the molecule is CC(C)(C1C=Cc2ccccc21)C1C=Cc2ccccc21. The fourth-order valence-electron chi connectivity index (χ4n) is 3.99. The third kappa shape index (κ3) is 1.82. The van der Waals surface area contributed by atoms with Crippen LogP contribution in [-0.2, 0) is 0 Å². The first-order chi connectivity index (χ1) is 10.2. The quantitative estimate of drug-likeness (QED) is 0.664. The Bertz CT molecular complexity index is 683. The topological polar surface area (TPSA) is 0 Å². The van der Waals surface area contributed by atoms with E-state index in [-0.39, 0.29) is 5.41 Å². The van der Waals surface area contributed by atoms with Gasteiger partial charge in [0.2, 0.25) is 0 Å². The van der Waals surface area contributed by atoms with Gasteiger partial charge in [-0.25, -0.2) is 0 Å². The largest absolute Gasteiger partial charge is 0.0758 e. The highest BCUT2D eigenvalue weighted by atomic mass is 14.4. The Balaban J connectivity index is 1.76. The van der Waals surface area contributed by atoms with E-state index in [0.29, 0.717) is 11.8 Å². The van der Waals surface area contributed by atoms with E-state index in [2.05, 4.69) is 86.7 Å². The van der Waals surface area contributed by atoms with Crippen LogP contribution < -0.4 is 0 Å². The number of benzene rings is 2. The fourth-order valence-corrected chi connectivity index (χ4v) is 3.99. The maximum absolute atomic E-state index is 2.40. The Morgan fingerprint density at radius 3 is 1.57 bits per heavy atom. The number of allylic oxidation sites excluding steroid dienone is 2. The monoisotopic (exact) mass is 272 g/mol. The summed E-state index contributed by atoms with van der Waals surface area (Å²) >= 11 is 0. The van der Waals surface area contributed by atoms with Gasteiger partial charge >= 0.3 is 0 Å². The van der Waals surface area contributed by atoms with Crippen LogP contribution in [0.3, 0.4) is 0 Å². The first-order valence-electron chi connectivity index (χ1n) is 7.72. The van der Waals surface area contributed by atoms with E-state index in [4.69, 9.17) is 0 Å². The van der Waals surface area contributed by atoms with Gasteiger partial charge < -0.3 is 0 Å². The summed E-state index contributed by atoms with van der Waals surface area (Å²) in [7, 11) is 0. The summed E-state index contributed by atoms with van der Waals surface area (Å²) in [6, 6.07) is 17.6. The van der Waals surface area contributed by atoms with Crippen molar-refractivity contribution in [2.45, 2.75) is 25.7 Å². The fraction of sp³-hybridized carbons (Fsp3) is 0.238. The molecule has 4 rings (SSSR count). The van der Waals surface area contributed by atoms with Gasteiger partial charge in [-0.15, -0.1) is 0 Å². The van der Waals surface area contributed by atoms with Gasteiger partial charge in [0.1, 0.15) is 0 Å². The normalized spacial score (nSPS) is 22.4. The van der Waals surface area contributed by atoms with E-state index >= 15 is 0 Å². The van der Waals surface area contributed by atoms with Crippen molar-refractivity contribution in [2.24, 2.45) is 5.41 Å². The Labute approximate surface area is 126 Å². The molecule has 0 aromatic heterocycles. The minimum atomic E-state index is 0.173. The van der Waals surface area contributed by atoms with Crippen molar-refractivity contribution in [2.75, 3.05) is 0 Å². The third-order valence-corrected chi connectivity index (χ3v) is 5.20. The van der Waals surface area contributed by atoms with Crippen molar-refractivity contribution in [1.82, 2.24) is 0 Å². The lowest BCUT2D eigenvalue weighted by Crippen LogP contribution is -2.26. The zero-order valence-corrected chi connectivity index (χ0v) is 12.6. The molecule has 0 saturated heterocycles. The smallest absolute Gasteiger partial charge is 0.00872 e. The van der Waals surface area contributed by atoms with Crippen molar-refractivity contribution in [1.29, 1.82) is 0 Å². The van der Waals surface area contributed by atoms with Gasteiger partial charge in [-0.3, -0.25) is 0 Å². The second kappa shape index (κ2) is 4.46. The van der Waals surface area contributed by atoms with Crippen LogP contribution in [0.15, 0.2) is 60.7 Å². The highest BCUT2D eigenvalue weighted by molar-refractivity contribution is 5.66.